The van der Waals surface area contributed by atoms with Gasteiger partial charge in [-0.25, -0.2) is 0 Å². The molecular weight excluding hydrogens is 196 g/mol. The fourth-order valence-electron chi connectivity index (χ4n) is 1.84. The predicted octanol–water partition coefficient (Wildman–Crippen LogP) is 3.50. The maximum Gasteiger partial charge on any atom is 0.0726 e. The van der Waals surface area contributed by atoms with Crippen LogP contribution in [-0.2, 0) is 6.42 Å². The molecular formula is C14H18N2. The van der Waals surface area contributed by atoms with Crippen molar-refractivity contribution in [1.29, 1.82) is 0 Å². The fourth-order valence-corrected chi connectivity index (χ4v) is 1.84. The van der Waals surface area contributed by atoms with Crippen LogP contribution in [0, 0.1) is 0 Å². The average molecular weight is 214 g/mol. The minimum Gasteiger partial charge on any atom is -0.398 e. The predicted molar refractivity (Wildman–Crippen MR) is 69.6 cm³/mol. The quantitative estimate of drug-likeness (QED) is 0.831. The minimum atomic E-state index is 0.414. The molecule has 0 saturated carbocycles. The van der Waals surface area contributed by atoms with E-state index in [1.54, 1.807) is 0 Å². The first-order chi connectivity index (χ1) is 7.61. The number of pyridine rings is 1. The van der Waals surface area contributed by atoms with E-state index in [4.69, 9.17) is 5.73 Å². The van der Waals surface area contributed by atoms with E-state index in [1.165, 1.54) is 5.56 Å². The van der Waals surface area contributed by atoms with Gasteiger partial charge in [0.2, 0.25) is 0 Å². The maximum atomic E-state index is 6.08. The molecule has 0 atom stereocenters. The van der Waals surface area contributed by atoms with Crippen molar-refractivity contribution >= 4 is 16.6 Å². The number of benzene rings is 1. The van der Waals surface area contributed by atoms with E-state index >= 15 is 0 Å². The van der Waals surface area contributed by atoms with Gasteiger partial charge in [0.25, 0.3) is 0 Å². The number of hydrogen-bond acceptors (Lipinski definition) is 2. The number of fused-ring (bicyclic) bond motifs is 1. The summed E-state index contributed by atoms with van der Waals surface area (Å²) in [6.07, 6.45) is 1.03. The lowest BCUT2D eigenvalue weighted by molar-refractivity contribution is 0.830. The number of anilines is 1. The van der Waals surface area contributed by atoms with Gasteiger partial charge in [0, 0.05) is 16.8 Å². The first-order valence-corrected chi connectivity index (χ1v) is 5.81. The molecule has 0 fully saturated rings. The third-order valence-electron chi connectivity index (χ3n) is 2.92. The van der Waals surface area contributed by atoms with Gasteiger partial charge in [-0.3, -0.25) is 4.98 Å². The van der Waals surface area contributed by atoms with Crippen molar-refractivity contribution in [2.45, 2.75) is 33.1 Å². The average Bonchev–Trinajstić information content (AvgIpc) is 2.28. The summed E-state index contributed by atoms with van der Waals surface area (Å²) in [7, 11) is 0. The zero-order chi connectivity index (χ0) is 11.7. The van der Waals surface area contributed by atoms with Gasteiger partial charge in [-0.2, -0.15) is 0 Å². The number of hydrogen-bond donors (Lipinski definition) is 1. The molecule has 0 unspecified atom stereocenters. The molecule has 0 aliphatic carbocycles. The van der Waals surface area contributed by atoms with Crippen LogP contribution in [-0.4, -0.2) is 4.98 Å². The Morgan fingerprint density at radius 2 is 2.00 bits per heavy atom. The molecule has 2 heteroatoms. The summed E-state index contributed by atoms with van der Waals surface area (Å²) in [5, 5.41) is 1.07. The summed E-state index contributed by atoms with van der Waals surface area (Å²) in [5.74, 6) is 0.414. The third-order valence-corrected chi connectivity index (χ3v) is 2.92. The minimum absolute atomic E-state index is 0.414. The van der Waals surface area contributed by atoms with Crippen molar-refractivity contribution in [2.75, 3.05) is 5.73 Å². The van der Waals surface area contributed by atoms with E-state index < -0.39 is 0 Å². The molecule has 0 amide bonds. The van der Waals surface area contributed by atoms with Crippen molar-refractivity contribution in [3.8, 4) is 0 Å². The highest BCUT2D eigenvalue weighted by molar-refractivity contribution is 5.90. The number of aryl methyl sites for hydroxylation is 1. The molecule has 16 heavy (non-hydrogen) atoms. The molecule has 0 radical (unpaired) electrons. The van der Waals surface area contributed by atoms with Crippen LogP contribution in [0.25, 0.3) is 10.9 Å². The largest absolute Gasteiger partial charge is 0.398 e. The molecule has 2 rings (SSSR count). The van der Waals surface area contributed by atoms with Crippen molar-refractivity contribution in [3.63, 3.8) is 0 Å². The molecule has 0 bridgehead atoms. The smallest absolute Gasteiger partial charge is 0.0726 e. The summed E-state index contributed by atoms with van der Waals surface area (Å²) in [5.41, 5.74) is 10.3. The van der Waals surface area contributed by atoms with Crippen LogP contribution in [0.2, 0.25) is 0 Å². The molecule has 1 heterocycles. The van der Waals surface area contributed by atoms with Crippen LogP contribution in [0.15, 0.2) is 24.3 Å². The molecule has 0 saturated heterocycles. The second-order valence-corrected chi connectivity index (χ2v) is 4.50. The van der Waals surface area contributed by atoms with Crippen molar-refractivity contribution < 1.29 is 0 Å². The second kappa shape index (κ2) is 4.12. The van der Waals surface area contributed by atoms with Gasteiger partial charge in [-0.1, -0.05) is 26.8 Å². The molecule has 0 aliphatic rings. The highest BCUT2D eigenvalue weighted by Crippen LogP contribution is 2.25. The second-order valence-electron chi connectivity index (χ2n) is 4.50. The first-order valence-electron chi connectivity index (χ1n) is 5.81. The summed E-state index contributed by atoms with van der Waals surface area (Å²) < 4.78 is 0. The Balaban J connectivity index is 2.66. The van der Waals surface area contributed by atoms with Crippen LogP contribution in [0.4, 0.5) is 5.69 Å². The van der Waals surface area contributed by atoms with Gasteiger partial charge in [0.05, 0.1) is 5.52 Å². The molecule has 0 aliphatic heterocycles. The molecule has 84 valence electrons. The standard InChI is InChI=1S/C14H18N2/c1-4-10-5-6-13-11(7-10)12(15)8-14(16-13)9(2)3/h5-9H,4H2,1-3H3,(H2,15,16). The normalized spacial score (nSPS) is 11.2. The summed E-state index contributed by atoms with van der Waals surface area (Å²) in [6.45, 7) is 6.41. The van der Waals surface area contributed by atoms with Crippen LogP contribution in [0.5, 0.6) is 0 Å². The van der Waals surface area contributed by atoms with E-state index in [1.807, 2.05) is 6.07 Å². The lowest BCUT2D eigenvalue weighted by Gasteiger charge is -2.09. The van der Waals surface area contributed by atoms with Crippen LogP contribution >= 0.6 is 0 Å². The number of nitrogens with two attached hydrogens (primary N) is 1. The van der Waals surface area contributed by atoms with Gasteiger partial charge in [-0.15, -0.1) is 0 Å². The Kier molecular flexibility index (Phi) is 2.82. The molecule has 2 nitrogen and oxygen atoms in total. The topological polar surface area (TPSA) is 38.9 Å². The van der Waals surface area contributed by atoms with Crippen LogP contribution < -0.4 is 5.73 Å². The molecule has 2 aromatic rings. The van der Waals surface area contributed by atoms with E-state index in [9.17, 15) is 0 Å². The first kappa shape index (κ1) is 10.9. The Bertz CT molecular complexity index is 515. The number of rotatable bonds is 2. The van der Waals surface area contributed by atoms with Crippen molar-refractivity contribution in [3.05, 3.63) is 35.5 Å². The van der Waals surface area contributed by atoms with Crippen LogP contribution in [0.3, 0.4) is 0 Å². The highest BCUT2D eigenvalue weighted by Gasteiger charge is 2.06. The summed E-state index contributed by atoms with van der Waals surface area (Å²) in [6, 6.07) is 8.32. The molecule has 1 aromatic heterocycles. The maximum absolute atomic E-state index is 6.08. The monoisotopic (exact) mass is 214 g/mol. The molecule has 1 aromatic carbocycles. The molecule has 0 spiro atoms. The Morgan fingerprint density at radius 3 is 2.62 bits per heavy atom. The van der Waals surface area contributed by atoms with E-state index in [0.29, 0.717) is 5.92 Å². The van der Waals surface area contributed by atoms with Gasteiger partial charge >= 0.3 is 0 Å². The SMILES string of the molecule is CCc1ccc2nc(C(C)C)cc(N)c2c1. The summed E-state index contributed by atoms with van der Waals surface area (Å²) >= 11 is 0. The number of aromatic nitrogens is 1. The number of nitrogen functional groups attached to an aromatic ring is 1. The lowest BCUT2D eigenvalue weighted by Crippen LogP contribution is -1.98. The Labute approximate surface area is 96.5 Å². The van der Waals surface area contributed by atoms with E-state index in [0.717, 1.165) is 28.7 Å². The van der Waals surface area contributed by atoms with E-state index in [2.05, 4.69) is 44.0 Å². The van der Waals surface area contributed by atoms with Gasteiger partial charge in [0.15, 0.2) is 0 Å². The van der Waals surface area contributed by atoms with Gasteiger partial charge in [-0.05, 0) is 36.1 Å². The Morgan fingerprint density at radius 1 is 1.25 bits per heavy atom. The summed E-state index contributed by atoms with van der Waals surface area (Å²) in [4.78, 5) is 4.63. The van der Waals surface area contributed by atoms with Crippen molar-refractivity contribution in [2.24, 2.45) is 0 Å². The molecule has 2 N–H and O–H groups in total. The third kappa shape index (κ3) is 1.87. The van der Waals surface area contributed by atoms with Crippen LogP contribution in [0.1, 0.15) is 37.9 Å². The fraction of sp³-hybridized carbons (Fsp3) is 0.357. The zero-order valence-electron chi connectivity index (χ0n) is 10.1. The van der Waals surface area contributed by atoms with Gasteiger partial charge in [0.1, 0.15) is 0 Å². The van der Waals surface area contributed by atoms with Crippen molar-refractivity contribution in [1.82, 2.24) is 4.98 Å². The lowest BCUT2D eigenvalue weighted by atomic mass is 10.0. The van der Waals surface area contributed by atoms with E-state index in [-0.39, 0.29) is 0 Å². The highest BCUT2D eigenvalue weighted by atomic mass is 14.7. The number of nitrogens with zero attached hydrogens (tertiary/aromatic N) is 1. The zero-order valence-corrected chi connectivity index (χ0v) is 10.1. The Hall–Kier alpha value is -1.57. The van der Waals surface area contributed by atoms with Gasteiger partial charge < -0.3 is 5.73 Å².